The van der Waals surface area contributed by atoms with Crippen molar-refractivity contribution in [3.63, 3.8) is 0 Å². The number of methoxy groups -OCH3 is 1. The van der Waals surface area contributed by atoms with Gasteiger partial charge in [-0.3, -0.25) is 4.79 Å². The van der Waals surface area contributed by atoms with Crippen molar-refractivity contribution in [3.8, 4) is 5.75 Å². The minimum absolute atomic E-state index is 0.00668. The van der Waals surface area contributed by atoms with Gasteiger partial charge in [-0.25, -0.2) is 5.10 Å². The second-order valence-electron chi connectivity index (χ2n) is 5.94. The van der Waals surface area contributed by atoms with Gasteiger partial charge in [0.25, 0.3) is 5.56 Å². The molecule has 0 spiro atoms. The van der Waals surface area contributed by atoms with Crippen LogP contribution in [0.1, 0.15) is 35.2 Å². The van der Waals surface area contributed by atoms with Crippen molar-refractivity contribution in [1.29, 1.82) is 0 Å². The highest BCUT2D eigenvalue weighted by molar-refractivity contribution is 5.30. The van der Waals surface area contributed by atoms with Crippen LogP contribution in [0, 0.1) is 0 Å². The van der Waals surface area contributed by atoms with Crippen LogP contribution >= 0.6 is 0 Å². The summed E-state index contributed by atoms with van der Waals surface area (Å²) in [5.41, 5.74) is 4.36. The molecule has 0 radical (unpaired) electrons. The lowest BCUT2D eigenvalue weighted by atomic mass is 9.91. The molecule has 0 amide bonds. The van der Waals surface area contributed by atoms with Crippen molar-refractivity contribution in [2.75, 3.05) is 13.7 Å². The molecule has 0 bridgehead atoms. The summed E-state index contributed by atoms with van der Waals surface area (Å²) in [5.74, 6) is 0.876. The Morgan fingerprint density at radius 2 is 2.09 bits per heavy atom. The first-order chi connectivity index (χ1) is 11.3. The van der Waals surface area contributed by atoms with Gasteiger partial charge in [0.1, 0.15) is 5.75 Å². The van der Waals surface area contributed by atoms with E-state index in [0.29, 0.717) is 0 Å². The van der Waals surface area contributed by atoms with Gasteiger partial charge in [0.05, 0.1) is 12.8 Å². The number of hydrogen-bond donors (Lipinski definition) is 2. The van der Waals surface area contributed by atoms with E-state index in [0.717, 1.165) is 62.2 Å². The van der Waals surface area contributed by atoms with E-state index in [1.165, 1.54) is 11.1 Å². The van der Waals surface area contributed by atoms with E-state index < -0.39 is 0 Å². The fraction of sp³-hybridized carbons (Fsp3) is 0.444. The quantitative estimate of drug-likeness (QED) is 0.800. The van der Waals surface area contributed by atoms with Crippen molar-refractivity contribution < 1.29 is 4.74 Å². The minimum Gasteiger partial charge on any atom is -0.497 e. The molecule has 0 aliphatic heterocycles. The first-order valence-electron chi connectivity index (χ1n) is 8.21. The fourth-order valence-corrected chi connectivity index (χ4v) is 3.16. The maximum absolute atomic E-state index is 11.8. The number of H-pyrrole nitrogens is 1. The molecule has 1 aliphatic carbocycles. The van der Waals surface area contributed by atoms with Crippen molar-refractivity contribution in [3.05, 3.63) is 57.0 Å². The van der Waals surface area contributed by atoms with Crippen molar-refractivity contribution in [2.24, 2.45) is 0 Å². The van der Waals surface area contributed by atoms with Gasteiger partial charge >= 0.3 is 0 Å². The molecular weight excluding hydrogens is 290 g/mol. The Morgan fingerprint density at radius 3 is 2.91 bits per heavy atom. The van der Waals surface area contributed by atoms with E-state index in [2.05, 4.69) is 21.6 Å². The van der Waals surface area contributed by atoms with E-state index in [1.807, 2.05) is 18.2 Å². The van der Waals surface area contributed by atoms with Gasteiger partial charge < -0.3 is 10.1 Å². The third kappa shape index (κ3) is 3.79. The largest absolute Gasteiger partial charge is 0.497 e. The molecule has 23 heavy (non-hydrogen) atoms. The second kappa shape index (κ2) is 7.42. The lowest BCUT2D eigenvalue weighted by molar-refractivity contribution is 0.414. The highest BCUT2D eigenvalue weighted by atomic mass is 16.5. The van der Waals surface area contributed by atoms with Gasteiger partial charge in [-0.2, -0.15) is 5.10 Å². The molecule has 0 fully saturated rings. The summed E-state index contributed by atoms with van der Waals surface area (Å²) < 4.78 is 5.23. The predicted molar refractivity (Wildman–Crippen MR) is 89.9 cm³/mol. The summed E-state index contributed by atoms with van der Waals surface area (Å²) in [6.45, 7) is 1.63. The zero-order valence-electron chi connectivity index (χ0n) is 13.5. The molecule has 0 saturated carbocycles. The number of benzene rings is 1. The summed E-state index contributed by atoms with van der Waals surface area (Å²) in [6, 6.07) is 8.05. The number of aromatic nitrogens is 2. The van der Waals surface area contributed by atoms with E-state index in [1.54, 1.807) is 7.11 Å². The first kappa shape index (κ1) is 15.7. The van der Waals surface area contributed by atoms with Gasteiger partial charge in [0, 0.05) is 25.1 Å². The Labute approximate surface area is 136 Å². The Kier molecular flexibility index (Phi) is 5.08. The summed E-state index contributed by atoms with van der Waals surface area (Å²) >= 11 is 0. The van der Waals surface area contributed by atoms with Gasteiger partial charge in [-0.1, -0.05) is 12.1 Å². The SMILES string of the molecule is COc1cccc(CNCCc2n[nH]c(=O)c3c2CCCC3)c1. The molecule has 2 aromatic rings. The van der Waals surface area contributed by atoms with Crippen LogP contribution in [0.4, 0.5) is 0 Å². The van der Waals surface area contributed by atoms with Crippen LogP contribution in [0.2, 0.25) is 0 Å². The Bertz CT molecular complexity index is 724. The summed E-state index contributed by atoms with van der Waals surface area (Å²) in [4.78, 5) is 11.8. The van der Waals surface area contributed by atoms with Crippen LogP contribution in [0.15, 0.2) is 29.1 Å². The highest BCUT2D eigenvalue weighted by Crippen LogP contribution is 2.20. The average molecular weight is 313 g/mol. The molecule has 5 nitrogen and oxygen atoms in total. The molecule has 3 rings (SSSR count). The molecule has 1 aromatic carbocycles. The summed E-state index contributed by atoms with van der Waals surface area (Å²) in [7, 11) is 1.68. The third-order valence-corrected chi connectivity index (χ3v) is 4.38. The zero-order chi connectivity index (χ0) is 16.1. The van der Waals surface area contributed by atoms with Crippen LogP contribution in [-0.2, 0) is 25.8 Å². The topological polar surface area (TPSA) is 67.0 Å². The molecular formula is C18H23N3O2. The normalized spacial score (nSPS) is 13.6. The number of nitrogens with one attached hydrogen (secondary N) is 2. The number of rotatable bonds is 6. The van der Waals surface area contributed by atoms with Crippen molar-refractivity contribution in [1.82, 2.24) is 15.5 Å². The van der Waals surface area contributed by atoms with Crippen LogP contribution in [0.3, 0.4) is 0 Å². The maximum Gasteiger partial charge on any atom is 0.267 e. The molecule has 122 valence electrons. The van der Waals surface area contributed by atoms with E-state index >= 15 is 0 Å². The molecule has 5 heteroatoms. The lowest BCUT2D eigenvalue weighted by Crippen LogP contribution is -2.25. The third-order valence-electron chi connectivity index (χ3n) is 4.38. The van der Waals surface area contributed by atoms with E-state index in [4.69, 9.17) is 4.74 Å². The Morgan fingerprint density at radius 1 is 1.26 bits per heavy atom. The molecule has 1 heterocycles. The molecule has 1 aromatic heterocycles. The standard InChI is InChI=1S/C18H23N3O2/c1-23-14-6-4-5-13(11-14)12-19-10-9-17-15-7-2-3-8-16(15)18(22)21-20-17/h4-6,11,19H,2-3,7-10,12H2,1H3,(H,21,22). The van der Waals surface area contributed by atoms with Gasteiger partial charge in [0.2, 0.25) is 0 Å². The van der Waals surface area contributed by atoms with Gasteiger partial charge in [-0.15, -0.1) is 0 Å². The molecule has 1 aliphatic rings. The number of aromatic amines is 1. The molecule has 0 unspecified atom stereocenters. The minimum atomic E-state index is -0.00668. The summed E-state index contributed by atoms with van der Waals surface area (Å²) in [6.07, 6.45) is 4.97. The second-order valence-corrected chi connectivity index (χ2v) is 5.94. The highest BCUT2D eigenvalue weighted by Gasteiger charge is 2.17. The van der Waals surface area contributed by atoms with Crippen molar-refractivity contribution >= 4 is 0 Å². The number of ether oxygens (including phenoxy) is 1. The van der Waals surface area contributed by atoms with Crippen LogP contribution < -0.4 is 15.6 Å². The fourth-order valence-electron chi connectivity index (χ4n) is 3.16. The number of fused-ring (bicyclic) bond motifs is 1. The van der Waals surface area contributed by atoms with Crippen LogP contribution in [0.5, 0.6) is 5.75 Å². The monoisotopic (exact) mass is 313 g/mol. The number of hydrogen-bond acceptors (Lipinski definition) is 4. The smallest absolute Gasteiger partial charge is 0.267 e. The Balaban J connectivity index is 1.58. The average Bonchev–Trinajstić information content (AvgIpc) is 2.61. The lowest BCUT2D eigenvalue weighted by Gasteiger charge is -2.17. The predicted octanol–water partition coefficient (Wildman–Crippen LogP) is 1.99. The first-order valence-corrected chi connectivity index (χ1v) is 8.21. The van der Waals surface area contributed by atoms with Crippen molar-refractivity contribution in [2.45, 2.75) is 38.6 Å². The molecule has 2 N–H and O–H groups in total. The van der Waals surface area contributed by atoms with E-state index in [-0.39, 0.29) is 5.56 Å². The van der Waals surface area contributed by atoms with Crippen LogP contribution in [-0.4, -0.2) is 23.9 Å². The molecule has 0 saturated heterocycles. The molecule has 0 atom stereocenters. The van der Waals surface area contributed by atoms with Gasteiger partial charge in [0.15, 0.2) is 0 Å². The number of nitrogens with zero attached hydrogens (tertiary/aromatic N) is 1. The van der Waals surface area contributed by atoms with E-state index in [9.17, 15) is 4.79 Å². The van der Waals surface area contributed by atoms with Crippen LogP contribution in [0.25, 0.3) is 0 Å². The maximum atomic E-state index is 11.8. The van der Waals surface area contributed by atoms with Gasteiger partial charge in [-0.05, 0) is 48.9 Å². The summed E-state index contributed by atoms with van der Waals surface area (Å²) in [5, 5.41) is 10.4. The Hall–Kier alpha value is -2.14. The zero-order valence-corrected chi connectivity index (χ0v) is 13.5.